The van der Waals surface area contributed by atoms with Crippen molar-refractivity contribution in [2.24, 2.45) is 10.9 Å². The Morgan fingerprint density at radius 3 is 2.95 bits per heavy atom. The van der Waals surface area contributed by atoms with Gasteiger partial charge in [0.2, 0.25) is 0 Å². The van der Waals surface area contributed by atoms with Crippen LogP contribution < -0.4 is 10.6 Å². The second-order valence-corrected chi connectivity index (χ2v) is 6.74. The molecule has 21 heavy (non-hydrogen) atoms. The van der Waals surface area contributed by atoms with Crippen molar-refractivity contribution in [1.29, 1.82) is 0 Å². The molecule has 1 aliphatic rings. The van der Waals surface area contributed by atoms with E-state index in [1.807, 2.05) is 7.05 Å². The summed E-state index contributed by atoms with van der Waals surface area (Å²) >= 11 is 1.74. The van der Waals surface area contributed by atoms with E-state index in [9.17, 15) is 0 Å². The Kier molecular flexibility index (Phi) is 6.49. The highest BCUT2D eigenvalue weighted by Crippen LogP contribution is 2.26. The maximum absolute atomic E-state index is 4.58. The molecule has 4 nitrogen and oxygen atoms in total. The first-order valence-electron chi connectivity index (χ1n) is 8.15. The zero-order valence-electron chi connectivity index (χ0n) is 13.5. The SMILES string of the molecule is CCc1nc(CNC(=NC)NC2CCCC(CC)C2)cs1. The highest BCUT2D eigenvalue weighted by molar-refractivity contribution is 7.09. The highest BCUT2D eigenvalue weighted by Gasteiger charge is 2.21. The topological polar surface area (TPSA) is 49.3 Å². The first-order chi connectivity index (χ1) is 10.2. The van der Waals surface area contributed by atoms with Crippen molar-refractivity contribution in [3.8, 4) is 0 Å². The summed E-state index contributed by atoms with van der Waals surface area (Å²) in [4.78, 5) is 8.93. The molecule has 1 aromatic rings. The average molecular weight is 308 g/mol. The second kappa shape index (κ2) is 8.37. The van der Waals surface area contributed by atoms with Crippen LogP contribution in [-0.2, 0) is 13.0 Å². The molecule has 2 rings (SSSR count). The van der Waals surface area contributed by atoms with Crippen LogP contribution in [0.25, 0.3) is 0 Å². The number of rotatable bonds is 5. The largest absolute Gasteiger partial charge is 0.354 e. The van der Waals surface area contributed by atoms with Crippen LogP contribution in [0.4, 0.5) is 0 Å². The zero-order valence-corrected chi connectivity index (χ0v) is 14.3. The van der Waals surface area contributed by atoms with Crippen molar-refractivity contribution < 1.29 is 0 Å². The number of thiazole rings is 1. The fourth-order valence-electron chi connectivity index (χ4n) is 2.95. The molecular weight excluding hydrogens is 280 g/mol. The van der Waals surface area contributed by atoms with Crippen molar-refractivity contribution in [2.75, 3.05) is 7.05 Å². The quantitative estimate of drug-likeness (QED) is 0.648. The molecule has 0 aromatic carbocycles. The molecule has 0 spiro atoms. The number of nitrogens with one attached hydrogen (secondary N) is 2. The van der Waals surface area contributed by atoms with E-state index in [0.29, 0.717) is 6.04 Å². The Bertz CT molecular complexity index is 455. The van der Waals surface area contributed by atoms with E-state index in [4.69, 9.17) is 0 Å². The van der Waals surface area contributed by atoms with Crippen molar-refractivity contribution >= 4 is 17.3 Å². The Balaban J connectivity index is 1.80. The van der Waals surface area contributed by atoms with Gasteiger partial charge in [-0.2, -0.15) is 0 Å². The Labute approximate surface area is 132 Å². The maximum atomic E-state index is 4.58. The van der Waals surface area contributed by atoms with Crippen LogP contribution >= 0.6 is 11.3 Å². The molecule has 0 aliphatic heterocycles. The molecule has 0 saturated heterocycles. The third-order valence-corrected chi connectivity index (χ3v) is 5.31. The minimum Gasteiger partial charge on any atom is -0.354 e. The normalized spacial score (nSPS) is 23.1. The standard InChI is InChI=1S/C16H28N4S/c1-4-12-7-6-8-13(9-12)20-16(17-3)18-10-14-11-21-15(5-2)19-14/h11-13H,4-10H2,1-3H3,(H2,17,18,20). The average Bonchev–Trinajstić information content (AvgIpc) is 2.99. The fourth-order valence-corrected chi connectivity index (χ4v) is 3.69. The van der Waals surface area contributed by atoms with Gasteiger partial charge in [0, 0.05) is 18.5 Å². The Morgan fingerprint density at radius 2 is 2.29 bits per heavy atom. The van der Waals surface area contributed by atoms with Gasteiger partial charge >= 0.3 is 0 Å². The molecular formula is C16H28N4S. The number of aliphatic imine (C=N–C) groups is 1. The first kappa shape index (κ1) is 16.3. The van der Waals surface area contributed by atoms with Gasteiger partial charge in [-0.25, -0.2) is 4.98 Å². The molecule has 0 radical (unpaired) electrons. The van der Waals surface area contributed by atoms with Crippen LogP contribution in [0.3, 0.4) is 0 Å². The molecule has 1 heterocycles. The van der Waals surface area contributed by atoms with Crippen LogP contribution in [0.15, 0.2) is 10.4 Å². The molecule has 5 heteroatoms. The third kappa shape index (κ3) is 4.99. The van der Waals surface area contributed by atoms with Crippen molar-refractivity contribution in [1.82, 2.24) is 15.6 Å². The molecule has 1 aromatic heterocycles. The molecule has 1 fully saturated rings. The minimum absolute atomic E-state index is 0.566. The predicted molar refractivity (Wildman–Crippen MR) is 90.9 cm³/mol. The first-order valence-corrected chi connectivity index (χ1v) is 9.03. The van der Waals surface area contributed by atoms with Gasteiger partial charge in [0.25, 0.3) is 0 Å². The molecule has 1 saturated carbocycles. The number of nitrogens with zero attached hydrogens (tertiary/aromatic N) is 2. The van der Waals surface area contributed by atoms with E-state index in [1.54, 1.807) is 11.3 Å². The summed E-state index contributed by atoms with van der Waals surface area (Å²) < 4.78 is 0. The van der Waals surface area contributed by atoms with E-state index >= 15 is 0 Å². The predicted octanol–water partition coefficient (Wildman–Crippen LogP) is 3.34. The van der Waals surface area contributed by atoms with Gasteiger partial charge in [-0.3, -0.25) is 4.99 Å². The summed E-state index contributed by atoms with van der Waals surface area (Å²) in [7, 11) is 1.84. The number of guanidine groups is 1. The number of aromatic nitrogens is 1. The summed E-state index contributed by atoms with van der Waals surface area (Å²) in [5.74, 6) is 1.78. The summed E-state index contributed by atoms with van der Waals surface area (Å²) in [5.41, 5.74) is 1.11. The molecule has 2 unspecified atom stereocenters. The number of hydrogen-bond donors (Lipinski definition) is 2. The fraction of sp³-hybridized carbons (Fsp3) is 0.750. The van der Waals surface area contributed by atoms with E-state index in [-0.39, 0.29) is 0 Å². The monoisotopic (exact) mass is 308 g/mol. The van der Waals surface area contributed by atoms with Crippen LogP contribution in [0.5, 0.6) is 0 Å². The lowest BCUT2D eigenvalue weighted by Gasteiger charge is -2.30. The van der Waals surface area contributed by atoms with E-state index < -0.39 is 0 Å². The van der Waals surface area contributed by atoms with Gasteiger partial charge in [0.1, 0.15) is 0 Å². The molecule has 1 aliphatic carbocycles. The molecule has 2 N–H and O–H groups in total. The zero-order chi connectivity index (χ0) is 15.1. The van der Waals surface area contributed by atoms with Crippen LogP contribution in [0, 0.1) is 5.92 Å². The van der Waals surface area contributed by atoms with Crippen LogP contribution in [0.2, 0.25) is 0 Å². The van der Waals surface area contributed by atoms with Gasteiger partial charge in [-0.05, 0) is 25.2 Å². The minimum atomic E-state index is 0.566. The van der Waals surface area contributed by atoms with E-state index in [2.05, 4.69) is 39.8 Å². The van der Waals surface area contributed by atoms with Crippen molar-refractivity contribution in [3.63, 3.8) is 0 Å². The Hall–Kier alpha value is -1.10. The summed E-state index contributed by atoms with van der Waals surface area (Å²) in [5, 5.41) is 10.3. The van der Waals surface area contributed by atoms with Gasteiger partial charge in [0.05, 0.1) is 17.2 Å². The van der Waals surface area contributed by atoms with Crippen molar-refractivity contribution in [2.45, 2.75) is 65.0 Å². The molecule has 118 valence electrons. The molecule has 2 atom stereocenters. The lowest BCUT2D eigenvalue weighted by molar-refractivity contribution is 0.298. The highest BCUT2D eigenvalue weighted by atomic mass is 32.1. The van der Waals surface area contributed by atoms with E-state index in [1.165, 1.54) is 37.1 Å². The van der Waals surface area contributed by atoms with E-state index in [0.717, 1.165) is 30.5 Å². The van der Waals surface area contributed by atoms with Gasteiger partial charge in [0.15, 0.2) is 5.96 Å². The van der Waals surface area contributed by atoms with Gasteiger partial charge in [-0.15, -0.1) is 11.3 Å². The third-order valence-electron chi connectivity index (χ3n) is 4.26. The number of hydrogen-bond acceptors (Lipinski definition) is 3. The molecule has 0 bridgehead atoms. The summed E-state index contributed by atoms with van der Waals surface area (Å²) in [6.07, 6.45) is 7.56. The summed E-state index contributed by atoms with van der Waals surface area (Å²) in [6, 6.07) is 0.566. The second-order valence-electron chi connectivity index (χ2n) is 5.79. The number of aryl methyl sites for hydroxylation is 1. The van der Waals surface area contributed by atoms with Gasteiger partial charge < -0.3 is 10.6 Å². The van der Waals surface area contributed by atoms with Crippen molar-refractivity contribution in [3.05, 3.63) is 16.1 Å². The summed E-state index contributed by atoms with van der Waals surface area (Å²) in [6.45, 7) is 5.19. The smallest absolute Gasteiger partial charge is 0.191 e. The van der Waals surface area contributed by atoms with Crippen LogP contribution in [-0.4, -0.2) is 24.0 Å². The Morgan fingerprint density at radius 1 is 1.43 bits per heavy atom. The lowest BCUT2D eigenvalue weighted by atomic mass is 9.84. The van der Waals surface area contributed by atoms with Crippen LogP contribution in [0.1, 0.15) is 56.7 Å². The maximum Gasteiger partial charge on any atom is 0.191 e. The lowest BCUT2D eigenvalue weighted by Crippen LogP contribution is -2.45. The van der Waals surface area contributed by atoms with Gasteiger partial charge in [-0.1, -0.05) is 33.1 Å². The molecule has 0 amide bonds.